The summed E-state index contributed by atoms with van der Waals surface area (Å²) in [5.41, 5.74) is 5.60. The van der Waals surface area contributed by atoms with E-state index in [0.29, 0.717) is 5.69 Å². The number of para-hydroxylation sites is 1. The highest BCUT2D eigenvalue weighted by Crippen LogP contribution is 2.48. The topological polar surface area (TPSA) is 36.7 Å². The summed E-state index contributed by atoms with van der Waals surface area (Å²) in [7, 11) is 0. The molecule has 4 heteroatoms. The van der Waals surface area contributed by atoms with Crippen molar-refractivity contribution in [3.8, 4) is 0 Å². The lowest BCUT2D eigenvalue weighted by Crippen LogP contribution is -3.00. The zero-order chi connectivity index (χ0) is 16.7. The molecule has 0 amide bonds. The molecule has 0 aromatic heterocycles. The Morgan fingerprint density at radius 1 is 0.750 bits per heavy atom. The van der Waals surface area contributed by atoms with E-state index in [2.05, 4.69) is 0 Å². The van der Waals surface area contributed by atoms with Gasteiger partial charge in [-0.3, -0.25) is 0 Å². The molecule has 1 aliphatic heterocycles. The van der Waals surface area contributed by atoms with Crippen LogP contribution in [0.15, 0.2) is 72.8 Å². The van der Waals surface area contributed by atoms with Gasteiger partial charge in [0.15, 0.2) is 11.4 Å². The van der Waals surface area contributed by atoms with Crippen molar-refractivity contribution < 1.29 is 10.2 Å². The van der Waals surface area contributed by atoms with Gasteiger partial charge >= 0.3 is 0 Å². The first-order chi connectivity index (χ1) is 11.6. The predicted molar refractivity (Wildman–Crippen MR) is 95.0 cm³/mol. The molecule has 0 spiro atoms. The standard InChI is InChI=1S/C20H19N2O2/c1-15-7-11-17(12-8-15)22(18-13-9-16(2)10-14-18)20-6-4-3-5-19(20)21(23)24-22/h3-14,21H,1-2H3/q+1. The van der Waals surface area contributed by atoms with Crippen LogP contribution in [0.25, 0.3) is 0 Å². The quantitative estimate of drug-likeness (QED) is 0.569. The number of fused-ring (bicyclic) bond motifs is 1. The van der Waals surface area contributed by atoms with E-state index in [4.69, 9.17) is 4.94 Å². The first kappa shape index (κ1) is 15.1. The van der Waals surface area contributed by atoms with Gasteiger partial charge in [0.25, 0.3) is 0 Å². The molecule has 120 valence electrons. The smallest absolute Gasteiger partial charge is 0.245 e. The number of hydrogen-bond acceptors (Lipinski definition) is 2. The van der Waals surface area contributed by atoms with Crippen LogP contribution in [0.1, 0.15) is 11.1 Å². The van der Waals surface area contributed by atoms with E-state index in [1.165, 1.54) is 11.1 Å². The van der Waals surface area contributed by atoms with Gasteiger partial charge in [0.05, 0.1) is 0 Å². The van der Waals surface area contributed by atoms with E-state index in [9.17, 15) is 5.21 Å². The Labute approximate surface area is 141 Å². The maximum atomic E-state index is 12.5. The highest BCUT2D eigenvalue weighted by atomic mass is 17.0. The van der Waals surface area contributed by atoms with Crippen LogP contribution in [0.2, 0.25) is 0 Å². The Morgan fingerprint density at radius 3 is 1.79 bits per heavy atom. The minimum absolute atomic E-state index is 0.0322. The monoisotopic (exact) mass is 319 g/mol. The Morgan fingerprint density at radius 2 is 1.25 bits per heavy atom. The van der Waals surface area contributed by atoms with Crippen LogP contribution in [0.3, 0.4) is 0 Å². The fourth-order valence-electron chi connectivity index (χ4n) is 3.19. The normalized spacial score (nSPS) is 18.4. The van der Waals surface area contributed by atoms with Crippen LogP contribution in [-0.4, -0.2) is 0 Å². The van der Waals surface area contributed by atoms with Crippen LogP contribution in [0, 0.1) is 19.1 Å². The van der Waals surface area contributed by atoms with Crippen molar-refractivity contribution >= 4 is 22.7 Å². The van der Waals surface area contributed by atoms with Gasteiger partial charge in [-0.15, -0.1) is 5.23 Å². The second kappa shape index (κ2) is 5.54. The number of benzene rings is 3. The molecule has 0 bridgehead atoms. The van der Waals surface area contributed by atoms with E-state index >= 15 is 0 Å². The number of quaternary nitrogens is 2. The fraction of sp³-hybridized carbons (Fsp3) is 0.100. The summed E-state index contributed by atoms with van der Waals surface area (Å²) in [6, 6.07) is 23.8. The molecule has 24 heavy (non-hydrogen) atoms. The Bertz CT molecular complexity index is 827. The van der Waals surface area contributed by atoms with Crippen molar-refractivity contribution in [2.45, 2.75) is 13.8 Å². The molecule has 0 aliphatic carbocycles. The molecule has 0 saturated heterocycles. The van der Waals surface area contributed by atoms with Crippen molar-refractivity contribution in [1.29, 1.82) is 0 Å². The molecule has 1 unspecified atom stereocenters. The highest BCUT2D eigenvalue weighted by molar-refractivity contribution is 5.75. The van der Waals surface area contributed by atoms with E-state index in [-0.39, 0.29) is 9.87 Å². The first-order valence-electron chi connectivity index (χ1n) is 7.98. The molecule has 1 atom stereocenters. The van der Waals surface area contributed by atoms with Crippen LogP contribution < -0.4 is 9.87 Å². The molecule has 3 aromatic carbocycles. The third-order valence-electron chi connectivity index (χ3n) is 4.48. The lowest BCUT2D eigenvalue weighted by Gasteiger charge is -2.26. The van der Waals surface area contributed by atoms with Crippen molar-refractivity contribution in [2.24, 2.45) is 0 Å². The maximum absolute atomic E-state index is 12.5. The van der Waals surface area contributed by atoms with Gasteiger partial charge in [0, 0.05) is 41.3 Å². The van der Waals surface area contributed by atoms with Crippen molar-refractivity contribution in [1.82, 2.24) is 4.65 Å². The van der Waals surface area contributed by atoms with Gasteiger partial charge in [0.2, 0.25) is 11.4 Å². The van der Waals surface area contributed by atoms with Crippen LogP contribution >= 0.6 is 0 Å². The predicted octanol–water partition coefficient (Wildman–Crippen LogP) is 4.15. The number of rotatable bonds is 2. The van der Waals surface area contributed by atoms with E-state index < -0.39 is 0 Å². The molecule has 0 fully saturated rings. The van der Waals surface area contributed by atoms with Crippen molar-refractivity contribution in [3.63, 3.8) is 0 Å². The van der Waals surface area contributed by atoms with Crippen LogP contribution in [-0.2, 0) is 4.94 Å². The summed E-state index contributed by atoms with van der Waals surface area (Å²) >= 11 is 0. The maximum Gasteiger partial charge on any atom is 0.245 e. The fourth-order valence-corrected chi connectivity index (χ4v) is 3.19. The largest absolute Gasteiger partial charge is 0.590 e. The first-order valence-corrected chi connectivity index (χ1v) is 7.98. The second-order valence-corrected chi connectivity index (χ2v) is 6.18. The molecule has 1 N–H and O–H groups in total. The zero-order valence-corrected chi connectivity index (χ0v) is 13.7. The average Bonchev–Trinajstić information content (AvgIpc) is 2.91. The molecule has 4 rings (SSSR count). The summed E-state index contributed by atoms with van der Waals surface area (Å²) < 4.78 is -0.0322. The van der Waals surface area contributed by atoms with Crippen molar-refractivity contribution in [2.75, 3.05) is 0 Å². The van der Waals surface area contributed by atoms with E-state index in [1.54, 1.807) is 0 Å². The molecular weight excluding hydrogens is 300 g/mol. The number of nitrogens with one attached hydrogen (secondary N) is 1. The summed E-state index contributed by atoms with van der Waals surface area (Å²) in [5.74, 6) is 0. The van der Waals surface area contributed by atoms with Gasteiger partial charge in [0.1, 0.15) is 0 Å². The minimum atomic E-state index is -0.299. The Kier molecular flexibility index (Phi) is 3.48. The third kappa shape index (κ3) is 2.17. The SMILES string of the molecule is Cc1ccc([N+]2(c3ccc(C)cc3)O[NH+]([O-])c3ccccc32)cc1. The Hall–Kier alpha value is -2.50. The van der Waals surface area contributed by atoms with Crippen LogP contribution in [0.5, 0.6) is 0 Å². The van der Waals surface area contributed by atoms with Gasteiger partial charge in [-0.05, 0) is 18.5 Å². The molecule has 4 nitrogen and oxygen atoms in total. The average molecular weight is 319 g/mol. The zero-order valence-electron chi connectivity index (χ0n) is 13.7. The number of hydrogen-bond donors (Lipinski definition) is 1. The summed E-state index contributed by atoms with van der Waals surface area (Å²) in [6.45, 7) is 4.09. The summed E-state index contributed by atoms with van der Waals surface area (Å²) in [6.07, 6.45) is 0. The summed E-state index contributed by atoms with van der Waals surface area (Å²) in [4.78, 5) is 5.97. The molecule has 0 saturated carbocycles. The van der Waals surface area contributed by atoms with Gasteiger partial charge in [-0.25, -0.2) is 0 Å². The Balaban J connectivity index is 2.01. The molecule has 0 radical (unpaired) electrons. The van der Waals surface area contributed by atoms with E-state index in [1.807, 2.05) is 86.6 Å². The van der Waals surface area contributed by atoms with Crippen LogP contribution in [0.4, 0.5) is 22.7 Å². The third-order valence-corrected chi connectivity index (χ3v) is 4.48. The number of aryl methyl sites for hydroxylation is 2. The summed E-state index contributed by atoms with van der Waals surface area (Å²) in [5, 5.41) is 12.2. The lowest BCUT2D eigenvalue weighted by atomic mass is 10.1. The second-order valence-electron chi connectivity index (χ2n) is 6.18. The number of nitrogens with zero attached hydrogens (tertiary/aromatic N) is 1. The van der Waals surface area contributed by atoms with Gasteiger partial charge < -0.3 is 5.21 Å². The molecule has 1 aliphatic rings. The minimum Gasteiger partial charge on any atom is -0.590 e. The highest BCUT2D eigenvalue weighted by Gasteiger charge is 2.52. The lowest BCUT2D eigenvalue weighted by molar-refractivity contribution is -1.01. The van der Waals surface area contributed by atoms with Gasteiger partial charge in [-0.1, -0.05) is 47.5 Å². The van der Waals surface area contributed by atoms with E-state index in [0.717, 1.165) is 17.1 Å². The molecule has 1 heterocycles. The molecule has 3 aromatic rings. The van der Waals surface area contributed by atoms with Gasteiger partial charge in [-0.2, -0.15) is 0 Å². The van der Waals surface area contributed by atoms with Crippen molar-refractivity contribution in [3.05, 3.63) is 89.1 Å². The molecular formula is C20H19N2O2+.